The minimum absolute atomic E-state index is 0.0382. The molecule has 0 radical (unpaired) electrons. The van der Waals surface area contributed by atoms with E-state index in [9.17, 15) is 9.18 Å². The van der Waals surface area contributed by atoms with E-state index >= 15 is 0 Å². The van der Waals surface area contributed by atoms with E-state index in [4.69, 9.17) is 5.73 Å². The van der Waals surface area contributed by atoms with Crippen molar-refractivity contribution < 1.29 is 9.18 Å². The van der Waals surface area contributed by atoms with Crippen molar-refractivity contribution in [1.82, 2.24) is 9.80 Å². The van der Waals surface area contributed by atoms with E-state index in [0.717, 1.165) is 26.1 Å². The summed E-state index contributed by atoms with van der Waals surface area (Å²) in [7, 11) is 6.12. The first-order valence-electron chi connectivity index (χ1n) is 7.06. The van der Waals surface area contributed by atoms with Gasteiger partial charge in [0.2, 0.25) is 5.91 Å². The summed E-state index contributed by atoms with van der Waals surface area (Å²) in [6.07, 6.45) is 1.22. The molecule has 0 spiro atoms. The van der Waals surface area contributed by atoms with Gasteiger partial charge in [0.25, 0.3) is 0 Å². The number of rotatable bonds is 8. The molecule has 0 fully saturated rings. The minimum Gasteiger partial charge on any atom is -0.396 e. The van der Waals surface area contributed by atoms with Crippen LogP contribution in [-0.4, -0.2) is 56.5 Å². The van der Waals surface area contributed by atoms with Gasteiger partial charge in [0.05, 0.1) is 5.69 Å². The molecule has 0 aliphatic rings. The van der Waals surface area contributed by atoms with Gasteiger partial charge in [0.15, 0.2) is 0 Å². The molecule has 0 aliphatic heterocycles. The molecule has 118 valence electrons. The number of benzene rings is 1. The molecule has 1 rings (SSSR count). The van der Waals surface area contributed by atoms with Crippen molar-refractivity contribution in [1.29, 1.82) is 0 Å². The first kappa shape index (κ1) is 17.4. The number of carbonyl (C=O) groups is 1. The number of amides is 1. The number of halogens is 1. The molecule has 1 aromatic carbocycles. The summed E-state index contributed by atoms with van der Waals surface area (Å²) in [4.78, 5) is 16.1. The van der Waals surface area contributed by atoms with Gasteiger partial charge in [-0.15, -0.1) is 0 Å². The monoisotopic (exact) mass is 296 g/mol. The van der Waals surface area contributed by atoms with Crippen LogP contribution in [0.4, 0.5) is 15.8 Å². The highest BCUT2D eigenvalue weighted by Crippen LogP contribution is 2.16. The molecule has 0 heterocycles. The second-order valence-electron chi connectivity index (χ2n) is 5.49. The second kappa shape index (κ2) is 8.59. The smallest absolute Gasteiger partial charge is 0.224 e. The highest BCUT2D eigenvalue weighted by molar-refractivity contribution is 5.91. The standard InChI is InChI=1S/C15H25FN4O/c1-19(2)9-10-20(3)8-4-5-15(21)18-12-6-7-13(16)14(17)11-12/h6-7,11H,4-5,8-10,17H2,1-3H3,(H,18,21). The molecule has 0 bridgehead atoms. The molecule has 21 heavy (non-hydrogen) atoms. The molecule has 0 aliphatic carbocycles. The Bertz CT molecular complexity index is 465. The number of likely N-dealkylation sites (N-methyl/N-ethyl adjacent to an activating group) is 2. The maximum Gasteiger partial charge on any atom is 0.224 e. The Morgan fingerprint density at radius 3 is 2.57 bits per heavy atom. The molecule has 3 N–H and O–H groups in total. The van der Waals surface area contributed by atoms with Crippen molar-refractivity contribution in [2.75, 3.05) is 51.8 Å². The van der Waals surface area contributed by atoms with Gasteiger partial charge in [-0.1, -0.05) is 0 Å². The van der Waals surface area contributed by atoms with E-state index in [1.165, 1.54) is 18.2 Å². The zero-order chi connectivity index (χ0) is 15.8. The largest absolute Gasteiger partial charge is 0.396 e. The lowest BCUT2D eigenvalue weighted by molar-refractivity contribution is -0.116. The van der Waals surface area contributed by atoms with E-state index in [0.29, 0.717) is 12.1 Å². The number of hydrogen-bond acceptors (Lipinski definition) is 4. The number of nitrogens with zero attached hydrogens (tertiary/aromatic N) is 2. The lowest BCUT2D eigenvalue weighted by atomic mass is 10.2. The van der Waals surface area contributed by atoms with Crippen molar-refractivity contribution in [2.24, 2.45) is 0 Å². The van der Waals surface area contributed by atoms with Crippen LogP contribution in [0.3, 0.4) is 0 Å². The molecule has 0 aromatic heterocycles. The highest BCUT2D eigenvalue weighted by atomic mass is 19.1. The van der Waals surface area contributed by atoms with Crippen molar-refractivity contribution in [3.05, 3.63) is 24.0 Å². The summed E-state index contributed by atoms with van der Waals surface area (Å²) < 4.78 is 13.0. The van der Waals surface area contributed by atoms with Gasteiger partial charge in [-0.2, -0.15) is 0 Å². The molecule has 1 aromatic rings. The van der Waals surface area contributed by atoms with Crippen LogP contribution in [0.25, 0.3) is 0 Å². The molecule has 0 saturated carbocycles. The lowest BCUT2D eigenvalue weighted by Gasteiger charge is -2.19. The van der Waals surface area contributed by atoms with Crippen LogP contribution in [0.1, 0.15) is 12.8 Å². The summed E-state index contributed by atoms with van der Waals surface area (Å²) >= 11 is 0. The van der Waals surface area contributed by atoms with Crippen LogP contribution < -0.4 is 11.1 Å². The number of nitrogen functional groups attached to an aromatic ring is 1. The Labute approximate surface area is 125 Å². The van der Waals surface area contributed by atoms with E-state index in [1.54, 1.807) is 0 Å². The molecular formula is C15H25FN4O. The zero-order valence-electron chi connectivity index (χ0n) is 13.0. The van der Waals surface area contributed by atoms with Crippen LogP contribution >= 0.6 is 0 Å². The fraction of sp³-hybridized carbons (Fsp3) is 0.533. The zero-order valence-corrected chi connectivity index (χ0v) is 13.0. The molecule has 6 heteroatoms. The fourth-order valence-corrected chi connectivity index (χ4v) is 1.84. The third-order valence-corrected chi connectivity index (χ3v) is 3.15. The van der Waals surface area contributed by atoms with Crippen molar-refractivity contribution >= 4 is 17.3 Å². The molecule has 0 atom stereocenters. The number of anilines is 2. The third-order valence-electron chi connectivity index (χ3n) is 3.15. The van der Waals surface area contributed by atoms with Gasteiger partial charge < -0.3 is 20.9 Å². The topological polar surface area (TPSA) is 61.6 Å². The number of nitrogens with one attached hydrogen (secondary N) is 1. The van der Waals surface area contributed by atoms with Crippen LogP contribution in [0.15, 0.2) is 18.2 Å². The minimum atomic E-state index is -0.476. The first-order chi connectivity index (χ1) is 9.88. The first-order valence-corrected chi connectivity index (χ1v) is 7.06. The van der Waals surface area contributed by atoms with Gasteiger partial charge in [0.1, 0.15) is 5.82 Å². The quantitative estimate of drug-likeness (QED) is 0.716. The predicted octanol–water partition coefficient (Wildman–Crippen LogP) is 1.62. The predicted molar refractivity (Wildman–Crippen MR) is 84.7 cm³/mol. The summed E-state index contributed by atoms with van der Waals surface area (Å²) in [6, 6.07) is 4.18. The molecule has 1 amide bonds. The maximum atomic E-state index is 13.0. The molecule has 5 nitrogen and oxygen atoms in total. The summed E-state index contributed by atoms with van der Waals surface area (Å²) in [5.74, 6) is -0.558. The van der Waals surface area contributed by atoms with Gasteiger partial charge >= 0.3 is 0 Å². The molecule has 0 unspecified atom stereocenters. The van der Waals surface area contributed by atoms with Crippen LogP contribution in [0.5, 0.6) is 0 Å². The number of hydrogen-bond donors (Lipinski definition) is 2. The van der Waals surface area contributed by atoms with Crippen LogP contribution in [-0.2, 0) is 4.79 Å². The Morgan fingerprint density at radius 1 is 1.24 bits per heavy atom. The van der Waals surface area contributed by atoms with Gasteiger partial charge in [-0.25, -0.2) is 4.39 Å². The average Bonchev–Trinajstić information content (AvgIpc) is 2.40. The summed E-state index contributed by atoms with van der Waals surface area (Å²) in [6.45, 7) is 2.84. The highest BCUT2D eigenvalue weighted by Gasteiger charge is 2.06. The van der Waals surface area contributed by atoms with Crippen LogP contribution in [0, 0.1) is 5.82 Å². The van der Waals surface area contributed by atoms with E-state index in [-0.39, 0.29) is 11.6 Å². The van der Waals surface area contributed by atoms with Crippen LogP contribution in [0.2, 0.25) is 0 Å². The Balaban J connectivity index is 2.26. The van der Waals surface area contributed by atoms with Crippen molar-refractivity contribution in [3.8, 4) is 0 Å². The average molecular weight is 296 g/mol. The SMILES string of the molecule is CN(C)CCN(C)CCCC(=O)Nc1ccc(F)c(N)c1. The molecule has 0 saturated heterocycles. The Morgan fingerprint density at radius 2 is 1.95 bits per heavy atom. The van der Waals surface area contributed by atoms with E-state index in [1.807, 2.05) is 21.1 Å². The molecular weight excluding hydrogens is 271 g/mol. The van der Waals surface area contributed by atoms with Crippen molar-refractivity contribution in [2.45, 2.75) is 12.8 Å². The summed E-state index contributed by atoms with van der Waals surface area (Å²) in [5, 5.41) is 2.72. The van der Waals surface area contributed by atoms with E-state index in [2.05, 4.69) is 15.1 Å². The third kappa shape index (κ3) is 7.06. The summed E-state index contributed by atoms with van der Waals surface area (Å²) in [5.41, 5.74) is 6.02. The number of nitrogens with two attached hydrogens (primary N) is 1. The Hall–Kier alpha value is -1.66. The van der Waals surface area contributed by atoms with E-state index < -0.39 is 5.82 Å². The number of carbonyl (C=O) groups excluding carboxylic acids is 1. The fourth-order valence-electron chi connectivity index (χ4n) is 1.84. The van der Waals surface area contributed by atoms with Gasteiger partial charge in [-0.3, -0.25) is 4.79 Å². The lowest BCUT2D eigenvalue weighted by Crippen LogP contribution is -2.29. The van der Waals surface area contributed by atoms with Gasteiger partial charge in [0, 0.05) is 25.2 Å². The second-order valence-corrected chi connectivity index (χ2v) is 5.49. The van der Waals surface area contributed by atoms with Gasteiger partial charge in [-0.05, 0) is 52.3 Å². The Kier molecular flexibility index (Phi) is 7.11. The normalized spacial score (nSPS) is 11.1. The van der Waals surface area contributed by atoms with Crippen molar-refractivity contribution in [3.63, 3.8) is 0 Å². The maximum absolute atomic E-state index is 13.0.